The fraction of sp³-hybridized carbons (Fsp3) is 0.818. The summed E-state index contributed by atoms with van der Waals surface area (Å²) in [6.07, 6.45) is 0.272. The van der Waals surface area contributed by atoms with Crippen molar-refractivity contribution in [1.29, 1.82) is 0 Å². The molecule has 5 heteroatoms. The molecule has 0 fully saturated rings. The molecule has 0 radical (unpaired) electrons. The summed E-state index contributed by atoms with van der Waals surface area (Å²) in [5.41, 5.74) is -0.549. The number of carboxylic acid groups (broad SMARTS) is 1. The Morgan fingerprint density at radius 3 is 2.19 bits per heavy atom. The molecule has 0 unspecified atom stereocenters. The smallest absolute Gasteiger partial charge is 0.410 e. The molecule has 0 aliphatic heterocycles. The van der Waals surface area contributed by atoms with Crippen LogP contribution < -0.4 is 0 Å². The van der Waals surface area contributed by atoms with Crippen LogP contribution in [0, 0.1) is 0 Å². The number of nitrogens with zero attached hydrogens (tertiary/aromatic N) is 1. The van der Waals surface area contributed by atoms with Gasteiger partial charge in [0.1, 0.15) is 5.60 Å². The Labute approximate surface area is 96.4 Å². The lowest BCUT2D eigenvalue weighted by atomic mass is 10.2. The normalized spacial score (nSPS) is 11.0. The van der Waals surface area contributed by atoms with Crippen LogP contribution in [0.15, 0.2) is 0 Å². The van der Waals surface area contributed by atoms with Gasteiger partial charge in [-0.05, 0) is 27.2 Å². The topological polar surface area (TPSA) is 66.8 Å². The lowest BCUT2D eigenvalue weighted by molar-refractivity contribution is -0.137. The summed E-state index contributed by atoms with van der Waals surface area (Å²) < 4.78 is 5.18. The molecule has 0 aromatic heterocycles. The van der Waals surface area contributed by atoms with E-state index in [1.807, 2.05) is 6.92 Å². The van der Waals surface area contributed by atoms with Gasteiger partial charge in [0.05, 0.1) is 6.42 Å². The molecule has 0 rings (SSSR count). The second-order valence-electron chi connectivity index (χ2n) is 4.61. The van der Waals surface area contributed by atoms with Crippen LogP contribution in [0.4, 0.5) is 4.79 Å². The zero-order chi connectivity index (χ0) is 12.8. The zero-order valence-electron chi connectivity index (χ0n) is 10.4. The highest BCUT2D eigenvalue weighted by molar-refractivity contribution is 5.70. The Bertz CT molecular complexity index is 245. The molecule has 0 aliphatic rings. The van der Waals surface area contributed by atoms with E-state index in [1.165, 1.54) is 4.90 Å². The number of carbonyl (C=O) groups is 2. The van der Waals surface area contributed by atoms with Gasteiger partial charge in [-0.15, -0.1) is 0 Å². The van der Waals surface area contributed by atoms with Crippen molar-refractivity contribution in [2.24, 2.45) is 0 Å². The van der Waals surface area contributed by atoms with Crippen molar-refractivity contribution in [2.45, 2.75) is 46.1 Å². The summed E-state index contributed by atoms with van der Waals surface area (Å²) in [4.78, 5) is 23.5. The largest absolute Gasteiger partial charge is 0.481 e. The molecule has 94 valence electrons. The van der Waals surface area contributed by atoms with Gasteiger partial charge in [-0.1, -0.05) is 6.92 Å². The van der Waals surface area contributed by atoms with Crippen LogP contribution in [0.1, 0.15) is 40.5 Å². The van der Waals surface area contributed by atoms with Crippen LogP contribution in [-0.4, -0.2) is 40.8 Å². The Hall–Kier alpha value is -1.26. The Morgan fingerprint density at radius 2 is 1.81 bits per heavy atom. The number of aliphatic carboxylic acids is 1. The monoisotopic (exact) mass is 231 g/mol. The number of amides is 1. The summed E-state index contributed by atoms with van der Waals surface area (Å²) in [5.74, 6) is -0.912. The second kappa shape index (κ2) is 6.35. The van der Waals surface area contributed by atoms with E-state index >= 15 is 0 Å². The van der Waals surface area contributed by atoms with E-state index < -0.39 is 17.7 Å². The number of rotatable bonds is 5. The molecule has 0 saturated heterocycles. The highest BCUT2D eigenvalue weighted by Gasteiger charge is 2.21. The summed E-state index contributed by atoms with van der Waals surface area (Å²) >= 11 is 0. The molecule has 1 amide bonds. The highest BCUT2D eigenvalue weighted by Crippen LogP contribution is 2.10. The van der Waals surface area contributed by atoms with E-state index in [1.54, 1.807) is 20.8 Å². The molecule has 0 bridgehead atoms. The summed E-state index contributed by atoms with van der Waals surface area (Å²) in [6, 6.07) is 0. The minimum Gasteiger partial charge on any atom is -0.481 e. The van der Waals surface area contributed by atoms with Crippen LogP contribution >= 0.6 is 0 Å². The quantitative estimate of drug-likeness (QED) is 0.786. The van der Waals surface area contributed by atoms with Gasteiger partial charge in [0, 0.05) is 13.1 Å². The summed E-state index contributed by atoms with van der Waals surface area (Å²) in [5, 5.41) is 8.57. The van der Waals surface area contributed by atoms with Gasteiger partial charge in [0.25, 0.3) is 0 Å². The van der Waals surface area contributed by atoms with E-state index in [0.717, 1.165) is 6.42 Å². The molecular weight excluding hydrogens is 210 g/mol. The van der Waals surface area contributed by atoms with Gasteiger partial charge in [-0.25, -0.2) is 4.79 Å². The van der Waals surface area contributed by atoms with Gasteiger partial charge in [0.2, 0.25) is 0 Å². The third kappa shape index (κ3) is 7.09. The average molecular weight is 231 g/mol. The van der Waals surface area contributed by atoms with E-state index in [9.17, 15) is 9.59 Å². The number of hydrogen-bond donors (Lipinski definition) is 1. The maximum Gasteiger partial charge on any atom is 0.410 e. The van der Waals surface area contributed by atoms with Crippen molar-refractivity contribution in [3.05, 3.63) is 0 Å². The van der Waals surface area contributed by atoms with Gasteiger partial charge >= 0.3 is 12.1 Å². The first kappa shape index (κ1) is 14.7. The number of hydrogen-bond acceptors (Lipinski definition) is 3. The van der Waals surface area contributed by atoms with Crippen LogP contribution in [0.3, 0.4) is 0 Å². The second-order valence-corrected chi connectivity index (χ2v) is 4.61. The van der Waals surface area contributed by atoms with Crippen LogP contribution in [0.25, 0.3) is 0 Å². The lowest BCUT2D eigenvalue weighted by Gasteiger charge is -2.26. The van der Waals surface area contributed by atoms with E-state index in [2.05, 4.69) is 0 Å². The van der Waals surface area contributed by atoms with Crippen molar-refractivity contribution in [3.63, 3.8) is 0 Å². The Morgan fingerprint density at radius 1 is 1.25 bits per heavy atom. The SMILES string of the molecule is CCCN(CCC(=O)O)C(=O)OC(C)(C)C. The molecular formula is C11H21NO4. The van der Waals surface area contributed by atoms with E-state index in [4.69, 9.17) is 9.84 Å². The van der Waals surface area contributed by atoms with E-state index in [0.29, 0.717) is 6.54 Å². The van der Waals surface area contributed by atoms with Crippen molar-refractivity contribution >= 4 is 12.1 Å². The fourth-order valence-electron chi connectivity index (χ4n) is 1.12. The lowest BCUT2D eigenvalue weighted by Crippen LogP contribution is -2.38. The minimum atomic E-state index is -0.912. The van der Waals surface area contributed by atoms with Gasteiger partial charge in [-0.2, -0.15) is 0 Å². The minimum absolute atomic E-state index is 0.0563. The van der Waals surface area contributed by atoms with Crippen molar-refractivity contribution < 1.29 is 19.4 Å². The summed E-state index contributed by atoms with van der Waals surface area (Å²) in [6.45, 7) is 7.99. The van der Waals surface area contributed by atoms with Crippen LogP contribution in [-0.2, 0) is 9.53 Å². The van der Waals surface area contributed by atoms with Gasteiger partial charge < -0.3 is 14.7 Å². The molecule has 16 heavy (non-hydrogen) atoms. The standard InChI is InChI=1S/C11H21NO4/c1-5-7-12(8-6-9(13)14)10(15)16-11(2,3)4/h5-8H2,1-4H3,(H,13,14). The number of carboxylic acids is 1. The Balaban J connectivity index is 4.29. The number of ether oxygens (including phenoxy) is 1. The molecule has 0 aromatic rings. The zero-order valence-corrected chi connectivity index (χ0v) is 10.4. The average Bonchev–Trinajstić information content (AvgIpc) is 2.08. The molecule has 0 aliphatic carbocycles. The molecule has 0 atom stereocenters. The molecule has 0 aromatic carbocycles. The van der Waals surface area contributed by atoms with Crippen molar-refractivity contribution in [2.75, 3.05) is 13.1 Å². The molecule has 5 nitrogen and oxygen atoms in total. The fourth-order valence-corrected chi connectivity index (χ4v) is 1.12. The highest BCUT2D eigenvalue weighted by atomic mass is 16.6. The van der Waals surface area contributed by atoms with Crippen molar-refractivity contribution in [3.8, 4) is 0 Å². The van der Waals surface area contributed by atoms with Crippen molar-refractivity contribution in [1.82, 2.24) is 4.90 Å². The first-order valence-corrected chi connectivity index (χ1v) is 5.46. The van der Waals surface area contributed by atoms with Crippen LogP contribution in [0.2, 0.25) is 0 Å². The number of carbonyl (C=O) groups excluding carboxylic acids is 1. The van der Waals surface area contributed by atoms with Gasteiger partial charge in [-0.3, -0.25) is 4.79 Å². The molecule has 1 N–H and O–H groups in total. The third-order valence-electron chi connectivity index (χ3n) is 1.74. The predicted molar refractivity (Wildman–Crippen MR) is 60.4 cm³/mol. The first-order valence-electron chi connectivity index (χ1n) is 5.46. The maximum absolute atomic E-state index is 11.7. The van der Waals surface area contributed by atoms with E-state index in [-0.39, 0.29) is 13.0 Å². The first-order chi connectivity index (χ1) is 7.26. The Kier molecular flexibility index (Phi) is 5.85. The third-order valence-corrected chi connectivity index (χ3v) is 1.74. The molecule has 0 spiro atoms. The molecule has 0 heterocycles. The van der Waals surface area contributed by atoms with Gasteiger partial charge in [0.15, 0.2) is 0 Å². The summed E-state index contributed by atoms with van der Waals surface area (Å²) in [7, 11) is 0. The predicted octanol–water partition coefficient (Wildman–Crippen LogP) is 2.11. The van der Waals surface area contributed by atoms with Crippen LogP contribution in [0.5, 0.6) is 0 Å². The maximum atomic E-state index is 11.7. The molecule has 0 saturated carbocycles.